The van der Waals surface area contributed by atoms with Crippen LogP contribution in [-0.4, -0.2) is 15.6 Å². The first kappa shape index (κ1) is 13.1. The Labute approximate surface area is 108 Å². The Bertz CT molecular complexity index is 623. The molecule has 0 radical (unpaired) electrons. The zero-order valence-electron chi connectivity index (χ0n) is 10.2. The minimum atomic E-state index is -1.43. The van der Waals surface area contributed by atoms with Gasteiger partial charge in [-0.1, -0.05) is 0 Å². The molecular weight excluding hydrogens is 254 g/mol. The summed E-state index contributed by atoms with van der Waals surface area (Å²) in [5.41, 5.74) is 0.288. The molecule has 0 aliphatic rings. The van der Waals surface area contributed by atoms with E-state index in [9.17, 15) is 13.6 Å². The molecule has 0 amide bonds. The fraction of sp³-hybridized carbons (Fsp3) is 0.154. The van der Waals surface area contributed by atoms with Crippen LogP contribution in [0.2, 0.25) is 0 Å². The molecule has 100 valence electrons. The highest BCUT2D eigenvalue weighted by molar-refractivity contribution is 5.89. The zero-order chi connectivity index (χ0) is 14.0. The molecule has 0 aliphatic heterocycles. The highest BCUT2D eigenvalue weighted by Gasteiger charge is 2.15. The van der Waals surface area contributed by atoms with Crippen molar-refractivity contribution in [1.29, 1.82) is 0 Å². The molecule has 0 spiro atoms. The number of nitrogens with one attached hydrogen (secondary N) is 1. The molecule has 19 heavy (non-hydrogen) atoms. The van der Waals surface area contributed by atoms with Crippen molar-refractivity contribution in [3.05, 3.63) is 53.4 Å². The minimum Gasteiger partial charge on any atom is -0.478 e. The number of aromatic carboxylic acids is 1. The van der Waals surface area contributed by atoms with Gasteiger partial charge in [0.2, 0.25) is 0 Å². The summed E-state index contributed by atoms with van der Waals surface area (Å²) in [5.74, 6) is -3.34. The van der Waals surface area contributed by atoms with Crippen LogP contribution in [-0.2, 0) is 13.6 Å². The first-order chi connectivity index (χ1) is 8.99. The maximum Gasteiger partial charge on any atom is 0.338 e. The van der Waals surface area contributed by atoms with Gasteiger partial charge in [0, 0.05) is 25.0 Å². The SMILES string of the molecule is Cn1cccc1CNc1cc(C(=O)O)c(F)cc1F. The minimum absolute atomic E-state index is 0.0417. The van der Waals surface area contributed by atoms with Gasteiger partial charge in [-0.15, -0.1) is 0 Å². The molecule has 2 rings (SSSR count). The smallest absolute Gasteiger partial charge is 0.338 e. The number of hydrogen-bond donors (Lipinski definition) is 2. The van der Waals surface area contributed by atoms with E-state index < -0.39 is 23.2 Å². The van der Waals surface area contributed by atoms with Crippen LogP contribution in [0.4, 0.5) is 14.5 Å². The third-order valence-electron chi connectivity index (χ3n) is 2.80. The molecule has 1 aromatic carbocycles. The second-order valence-corrected chi connectivity index (χ2v) is 4.08. The Morgan fingerprint density at radius 3 is 2.68 bits per heavy atom. The zero-order valence-corrected chi connectivity index (χ0v) is 10.2. The van der Waals surface area contributed by atoms with E-state index in [1.807, 2.05) is 29.9 Å². The lowest BCUT2D eigenvalue weighted by Gasteiger charge is -2.10. The second-order valence-electron chi connectivity index (χ2n) is 4.08. The lowest BCUT2D eigenvalue weighted by molar-refractivity contribution is 0.0692. The summed E-state index contributed by atoms with van der Waals surface area (Å²) in [6.07, 6.45) is 1.83. The summed E-state index contributed by atoms with van der Waals surface area (Å²) in [6, 6.07) is 5.19. The predicted octanol–water partition coefficient (Wildman–Crippen LogP) is 2.61. The van der Waals surface area contributed by atoms with Gasteiger partial charge in [-0.3, -0.25) is 0 Å². The van der Waals surface area contributed by atoms with Crippen LogP contribution in [0.3, 0.4) is 0 Å². The number of halogens is 2. The highest BCUT2D eigenvalue weighted by Crippen LogP contribution is 2.20. The van der Waals surface area contributed by atoms with Gasteiger partial charge in [-0.25, -0.2) is 13.6 Å². The van der Waals surface area contributed by atoms with Crippen molar-refractivity contribution in [3.8, 4) is 0 Å². The van der Waals surface area contributed by atoms with Crippen LogP contribution in [0.25, 0.3) is 0 Å². The average molecular weight is 266 g/mol. The van der Waals surface area contributed by atoms with Gasteiger partial charge in [-0.2, -0.15) is 0 Å². The van der Waals surface area contributed by atoms with Gasteiger partial charge in [0.25, 0.3) is 0 Å². The fourth-order valence-electron chi connectivity index (χ4n) is 1.71. The first-order valence-corrected chi connectivity index (χ1v) is 5.55. The number of carbonyl (C=O) groups is 1. The molecule has 0 fully saturated rings. The van der Waals surface area contributed by atoms with E-state index in [1.54, 1.807) is 0 Å². The maximum absolute atomic E-state index is 13.5. The van der Waals surface area contributed by atoms with E-state index in [-0.39, 0.29) is 5.69 Å². The normalized spacial score (nSPS) is 10.5. The number of aryl methyl sites for hydroxylation is 1. The van der Waals surface area contributed by atoms with Gasteiger partial charge >= 0.3 is 5.97 Å². The van der Waals surface area contributed by atoms with E-state index in [0.29, 0.717) is 12.6 Å². The van der Waals surface area contributed by atoms with Crippen molar-refractivity contribution < 1.29 is 18.7 Å². The molecule has 0 aliphatic carbocycles. The Balaban J connectivity index is 2.23. The largest absolute Gasteiger partial charge is 0.478 e. The monoisotopic (exact) mass is 266 g/mol. The number of carboxylic acid groups (broad SMARTS) is 1. The summed E-state index contributed by atoms with van der Waals surface area (Å²) in [6.45, 7) is 0.311. The third kappa shape index (κ3) is 2.73. The van der Waals surface area contributed by atoms with Crippen LogP contribution in [0, 0.1) is 11.6 Å². The van der Waals surface area contributed by atoms with E-state index >= 15 is 0 Å². The van der Waals surface area contributed by atoms with Crippen molar-refractivity contribution in [2.75, 3.05) is 5.32 Å². The number of rotatable bonds is 4. The van der Waals surface area contributed by atoms with Crippen LogP contribution in [0.5, 0.6) is 0 Å². The predicted molar refractivity (Wildman–Crippen MR) is 66.1 cm³/mol. The van der Waals surface area contributed by atoms with Gasteiger partial charge in [0.1, 0.15) is 11.6 Å². The van der Waals surface area contributed by atoms with E-state index in [0.717, 1.165) is 11.8 Å². The van der Waals surface area contributed by atoms with Crippen molar-refractivity contribution in [2.24, 2.45) is 7.05 Å². The van der Waals surface area contributed by atoms with Crippen molar-refractivity contribution in [3.63, 3.8) is 0 Å². The molecule has 1 heterocycles. The Hall–Kier alpha value is -2.37. The third-order valence-corrected chi connectivity index (χ3v) is 2.80. The Morgan fingerprint density at radius 2 is 2.11 bits per heavy atom. The van der Waals surface area contributed by atoms with E-state index in [1.165, 1.54) is 0 Å². The van der Waals surface area contributed by atoms with Crippen LogP contribution in [0.15, 0.2) is 30.5 Å². The molecule has 0 saturated carbocycles. The van der Waals surface area contributed by atoms with Gasteiger partial charge in [0.05, 0.1) is 17.8 Å². The fourth-order valence-corrected chi connectivity index (χ4v) is 1.71. The number of nitrogens with zero attached hydrogens (tertiary/aromatic N) is 1. The van der Waals surface area contributed by atoms with Crippen molar-refractivity contribution in [1.82, 2.24) is 4.57 Å². The molecule has 4 nitrogen and oxygen atoms in total. The Kier molecular flexibility index (Phi) is 3.50. The summed E-state index contributed by atoms with van der Waals surface area (Å²) in [5, 5.41) is 11.5. The Morgan fingerprint density at radius 1 is 1.37 bits per heavy atom. The quantitative estimate of drug-likeness (QED) is 0.894. The topological polar surface area (TPSA) is 54.3 Å². The van der Waals surface area contributed by atoms with Crippen LogP contribution in [0.1, 0.15) is 16.1 Å². The summed E-state index contributed by atoms with van der Waals surface area (Å²) < 4.78 is 28.6. The molecule has 0 unspecified atom stereocenters. The standard InChI is InChI=1S/C13H12F2N2O2/c1-17-4-2-3-8(17)7-16-12-5-9(13(18)19)10(14)6-11(12)15/h2-6,16H,7H2,1H3,(H,18,19). The van der Waals surface area contributed by atoms with Gasteiger partial charge < -0.3 is 15.0 Å². The summed E-state index contributed by atoms with van der Waals surface area (Å²) in [7, 11) is 1.83. The number of hydrogen-bond acceptors (Lipinski definition) is 2. The number of carboxylic acids is 1. The molecule has 0 saturated heterocycles. The van der Waals surface area contributed by atoms with E-state index in [2.05, 4.69) is 5.32 Å². The molecular formula is C13H12F2N2O2. The average Bonchev–Trinajstić information content (AvgIpc) is 2.73. The molecule has 0 atom stereocenters. The molecule has 2 N–H and O–H groups in total. The number of aromatic nitrogens is 1. The van der Waals surface area contributed by atoms with Gasteiger partial charge in [0.15, 0.2) is 0 Å². The van der Waals surface area contributed by atoms with Gasteiger partial charge in [-0.05, 0) is 18.2 Å². The van der Waals surface area contributed by atoms with E-state index in [4.69, 9.17) is 5.11 Å². The van der Waals surface area contributed by atoms with Crippen molar-refractivity contribution in [2.45, 2.75) is 6.54 Å². The summed E-state index contributed by atoms with van der Waals surface area (Å²) in [4.78, 5) is 10.8. The highest BCUT2D eigenvalue weighted by atomic mass is 19.1. The summed E-state index contributed by atoms with van der Waals surface area (Å²) >= 11 is 0. The molecule has 6 heteroatoms. The first-order valence-electron chi connectivity index (χ1n) is 5.55. The van der Waals surface area contributed by atoms with Crippen molar-refractivity contribution >= 4 is 11.7 Å². The number of anilines is 1. The molecule has 1 aromatic heterocycles. The molecule has 2 aromatic rings. The second kappa shape index (κ2) is 5.09. The lowest BCUT2D eigenvalue weighted by Crippen LogP contribution is -2.08. The van der Waals surface area contributed by atoms with Crippen LogP contribution < -0.4 is 5.32 Å². The lowest BCUT2D eigenvalue weighted by atomic mass is 10.1. The maximum atomic E-state index is 13.5. The van der Waals surface area contributed by atoms with Crippen LogP contribution >= 0.6 is 0 Å². The molecule has 0 bridgehead atoms. The number of benzene rings is 1.